The monoisotopic (exact) mass is 225 g/mol. The van der Waals surface area contributed by atoms with Crippen molar-refractivity contribution in [3.63, 3.8) is 0 Å². The molecule has 1 rings (SSSR count). The van der Waals surface area contributed by atoms with Crippen LogP contribution in [-0.4, -0.2) is 6.04 Å². The van der Waals surface area contributed by atoms with Crippen LogP contribution in [0.25, 0.3) is 0 Å². The molecule has 0 aliphatic heterocycles. The molecule has 1 unspecified atom stereocenters. The van der Waals surface area contributed by atoms with Crippen molar-refractivity contribution < 1.29 is 4.39 Å². The van der Waals surface area contributed by atoms with E-state index in [-0.39, 0.29) is 11.9 Å². The van der Waals surface area contributed by atoms with E-state index in [4.69, 9.17) is 18.0 Å². The number of nitrogens with one attached hydrogen (secondary N) is 1. The molecule has 15 heavy (non-hydrogen) atoms. The van der Waals surface area contributed by atoms with Crippen molar-refractivity contribution in [2.24, 2.45) is 0 Å². The Labute approximate surface area is 94.6 Å². The summed E-state index contributed by atoms with van der Waals surface area (Å²) in [5, 5.41) is 3.58. The van der Waals surface area contributed by atoms with Crippen molar-refractivity contribution >= 4 is 11.6 Å². The van der Waals surface area contributed by atoms with Gasteiger partial charge < -0.3 is 0 Å². The molecule has 3 heteroatoms. The standard InChI is InChI=1S/C12H13ClFN/c1-3-11(4-2)15-8-9-5-6-10(14)7-12(9)13/h1,5-7,11,15H,4,8H2,2H3. The lowest BCUT2D eigenvalue weighted by molar-refractivity contribution is 0.590. The predicted octanol–water partition coefficient (Wildman–Crippen LogP) is 2.98. The second-order valence-corrected chi connectivity index (χ2v) is 3.65. The van der Waals surface area contributed by atoms with Crippen LogP contribution in [0.5, 0.6) is 0 Å². The van der Waals surface area contributed by atoms with Gasteiger partial charge in [0.1, 0.15) is 5.82 Å². The Morgan fingerprint density at radius 3 is 2.87 bits per heavy atom. The number of hydrogen-bond donors (Lipinski definition) is 1. The quantitative estimate of drug-likeness (QED) is 0.777. The van der Waals surface area contributed by atoms with Crippen LogP contribution in [0, 0.1) is 18.2 Å². The number of halogens is 2. The zero-order chi connectivity index (χ0) is 11.3. The molecule has 1 N–H and O–H groups in total. The molecule has 80 valence electrons. The van der Waals surface area contributed by atoms with E-state index in [9.17, 15) is 4.39 Å². The minimum absolute atomic E-state index is 0.0334. The van der Waals surface area contributed by atoms with Crippen molar-refractivity contribution in [3.8, 4) is 12.3 Å². The van der Waals surface area contributed by atoms with E-state index in [1.165, 1.54) is 12.1 Å². The Bertz CT molecular complexity index is 370. The first-order chi connectivity index (χ1) is 7.17. The molecule has 0 radical (unpaired) electrons. The molecule has 0 saturated carbocycles. The van der Waals surface area contributed by atoms with Crippen LogP contribution in [0.3, 0.4) is 0 Å². The topological polar surface area (TPSA) is 12.0 Å². The van der Waals surface area contributed by atoms with Crippen LogP contribution < -0.4 is 5.32 Å². The molecular weight excluding hydrogens is 213 g/mol. The van der Waals surface area contributed by atoms with Crippen LogP contribution in [0.15, 0.2) is 18.2 Å². The summed E-state index contributed by atoms with van der Waals surface area (Å²) in [5.41, 5.74) is 0.853. The first kappa shape index (κ1) is 12.0. The van der Waals surface area contributed by atoms with Crippen molar-refractivity contribution in [2.75, 3.05) is 0 Å². The Hall–Kier alpha value is -1.04. The second-order valence-electron chi connectivity index (χ2n) is 3.24. The average molecular weight is 226 g/mol. The van der Waals surface area contributed by atoms with E-state index in [2.05, 4.69) is 11.2 Å². The van der Waals surface area contributed by atoms with E-state index in [1.807, 2.05) is 6.92 Å². The third-order valence-electron chi connectivity index (χ3n) is 2.16. The molecule has 0 aromatic heterocycles. The van der Waals surface area contributed by atoms with E-state index in [0.29, 0.717) is 11.6 Å². The van der Waals surface area contributed by atoms with Gasteiger partial charge in [0.25, 0.3) is 0 Å². The molecule has 0 aliphatic carbocycles. The van der Waals surface area contributed by atoms with Gasteiger partial charge in [-0.15, -0.1) is 6.42 Å². The van der Waals surface area contributed by atoms with E-state index < -0.39 is 0 Å². The van der Waals surface area contributed by atoms with Gasteiger partial charge in [-0.2, -0.15) is 0 Å². The van der Waals surface area contributed by atoms with Crippen molar-refractivity contribution in [3.05, 3.63) is 34.6 Å². The van der Waals surface area contributed by atoms with Gasteiger partial charge >= 0.3 is 0 Å². The normalized spacial score (nSPS) is 12.1. The molecule has 1 aromatic rings. The van der Waals surface area contributed by atoms with Crippen LogP contribution in [-0.2, 0) is 6.54 Å². The molecule has 0 heterocycles. The molecule has 1 nitrogen and oxygen atoms in total. The zero-order valence-corrected chi connectivity index (χ0v) is 9.31. The molecule has 0 aliphatic rings. The molecule has 0 saturated heterocycles. The van der Waals surface area contributed by atoms with Crippen LogP contribution in [0.4, 0.5) is 4.39 Å². The van der Waals surface area contributed by atoms with Gasteiger partial charge in [-0.05, 0) is 24.1 Å². The predicted molar refractivity (Wildman–Crippen MR) is 61.2 cm³/mol. The number of benzene rings is 1. The SMILES string of the molecule is C#CC(CC)NCc1ccc(F)cc1Cl. The highest BCUT2D eigenvalue weighted by atomic mass is 35.5. The maximum atomic E-state index is 12.7. The lowest BCUT2D eigenvalue weighted by Gasteiger charge is -2.11. The van der Waals surface area contributed by atoms with Crippen molar-refractivity contribution in [1.82, 2.24) is 5.32 Å². The summed E-state index contributed by atoms with van der Waals surface area (Å²) in [6.45, 7) is 2.56. The molecule has 1 atom stereocenters. The summed E-state index contributed by atoms with van der Waals surface area (Å²) < 4.78 is 12.7. The van der Waals surface area contributed by atoms with Crippen molar-refractivity contribution in [2.45, 2.75) is 25.9 Å². The summed E-state index contributed by atoms with van der Waals surface area (Å²) in [7, 11) is 0. The molecule has 1 aromatic carbocycles. The summed E-state index contributed by atoms with van der Waals surface area (Å²) in [4.78, 5) is 0. The molecule has 0 bridgehead atoms. The highest BCUT2D eigenvalue weighted by molar-refractivity contribution is 6.31. The minimum atomic E-state index is -0.326. The molecule has 0 amide bonds. The summed E-state index contributed by atoms with van der Waals surface area (Å²) in [6, 6.07) is 4.38. The van der Waals surface area contributed by atoms with Gasteiger partial charge in [-0.3, -0.25) is 5.32 Å². The van der Waals surface area contributed by atoms with Gasteiger partial charge in [0.15, 0.2) is 0 Å². The molecule has 0 fully saturated rings. The Kier molecular flexibility index (Phi) is 4.61. The fourth-order valence-electron chi connectivity index (χ4n) is 1.22. The zero-order valence-electron chi connectivity index (χ0n) is 8.56. The van der Waals surface area contributed by atoms with E-state index >= 15 is 0 Å². The molecular formula is C12H13ClFN. The van der Waals surface area contributed by atoms with Gasteiger partial charge in [0.05, 0.1) is 6.04 Å². The van der Waals surface area contributed by atoms with E-state index in [1.54, 1.807) is 6.07 Å². The minimum Gasteiger partial charge on any atom is -0.300 e. The van der Waals surface area contributed by atoms with Gasteiger partial charge in [0.2, 0.25) is 0 Å². The van der Waals surface area contributed by atoms with Gasteiger partial charge in [0, 0.05) is 11.6 Å². The number of hydrogen-bond acceptors (Lipinski definition) is 1. The van der Waals surface area contributed by atoms with E-state index in [0.717, 1.165) is 12.0 Å². The fraction of sp³-hybridized carbons (Fsp3) is 0.333. The summed E-state index contributed by atoms with van der Waals surface area (Å²) in [5.74, 6) is 2.30. The summed E-state index contributed by atoms with van der Waals surface area (Å²) in [6.07, 6.45) is 6.16. The maximum Gasteiger partial charge on any atom is 0.124 e. The van der Waals surface area contributed by atoms with Gasteiger partial charge in [-0.25, -0.2) is 4.39 Å². The second kappa shape index (κ2) is 5.75. The average Bonchev–Trinajstić information content (AvgIpc) is 2.22. The lowest BCUT2D eigenvalue weighted by atomic mass is 10.2. The lowest BCUT2D eigenvalue weighted by Crippen LogP contribution is -2.26. The maximum absolute atomic E-state index is 12.7. The largest absolute Gasteiger partial charge is 0.300 e. The highest BCUT2D eigenvalue weighted by Crippen LogP contribution is 2.17. The smallest absolute Gasteiger partial charge is 0.124 e. The highest BCUT2D eigenvalue weighted by Gasteiger charge is 2.04. The third-order valence-corrected chi connectivity index (χ3v) is 2.52. The Morgan fingerprint density at radius 2 is 2.33 bits per heavy atom. The van der Waals surface area contributed by atoms with Crippen LogP contribution in [0.2, 0.25) is 5.02 Å². The van der Waals surface area contributed by atoms with Crippen molar-refractivity contribution in [1.29, 1.82) is 0 Å². The number of terminal acetylenes is 1. The van der Waals surface area contributed by atoms with Gasteiger partial charge in [-0.1, -0.05) is 30.5 Å². The number of rotatable bonds is 4. The third kappa shape index (κ3) is 3.54. The first-order valence-corrected chi connectivity index (χ1v) is 5.18. The first-order valence-electron chi connectivity index (χ1n) is 4.80. The summed E-state index contributed by atoms with van der Waals surface area (Å²) >= 11 is 5.87. The Morgan fingerprint density at radius 1 is 1.60 bits per heavy atom. The van der Waals surface area contributed by atoms with Crippen LogP contribution >= 0.6 is 11.6 Å². The fourth-order valence-corrected chi connectivity index (χ4v) is 1.45. The Balaban J connectivity index is 2.62. The van der Waals surface area contributed by atoms with Crippen LogP contribution in [0.1, 0.15) is 18.9 Å². The molecule has 0 spiro atoms.